The van der Waals surface area contributed by atoms with Gasteiger partial charge in [-0.25, -0.2) is 4.79 Å². The summed E-state index contributed by atoms with van der Waals surface area (Å²) in [7, 11) is -0.528. The van der Waals surface area contributed by atoms with E-state index in [2.05, 4.69) is 63.0 Å². The summed E-state index contributed by atoms with van der Waals surface area (Å²) >= 11 is 6.48. The number of hydrogen-bond acceptors (Lipinski definition) is 5. The van der Waals surface area contributed by atoms with Crippen molar-refractivity contribution in [1.82, 2.24) is 0 Å². The lowest BCUT2D eigenvalue weighted by Crippen LogP contribution is -2.54. The molecule has 0 radical (unpaired) electrons. The molecule has 0 unspecified atom stereocenters. The number of ether oxygens (including phenoxy) is 2. The van der Waals surface area contributed by atoms with Crippen molar-refractivity contribution in [2.45, 2.75) is 102 Å². The van der Waals surface area contributed by atoms with Crippen molar-refractivity contribution in [2.24, 2.45) is 17.8 Å². The molecule has 0 amide bonds. The molecule has 3 aliphatic carbocycles. The van der Waals surface area contributed by atoms with Gasteiger partial charge in [-0.2, -0.15) is 0 Å². The van der Waals surface area contributed by atoms with Gasteiger partial charge < -0.3 is 18.8 Å². The second kappa shape index (κ2) is 12.7. The van der Waals surface area contributed by atoms with Crippen LogP contribution in [0.25, 0.3) is 0 Å². The smallest absolute Gasteiger partial charge is 0.337 e. The number of benzene rings is 2. The van der Waals surface area contributed by atoms with Crippen molar-refractivity contribution in [3.8, 4) is 5.75 Å². The zero-order valence-corrected chi connectivity index (χ0v) is 29.9. The van der Waals surface area contributed by atoms with E-state index in [-0.39, 0.29) is 22.5 Å². The molecular weight excluding hydrogens is 598 g/mol. The zero-order chi connectivity index (χ0) is 32.0. The van der Waals surface area contributed by atoms with Gasteiger partial charge in [-0.1, -0.05) is 50.6 Å². The quantitative estimate of drug-likeness (QED) is 0.170. The Labute approximate surface area is 276 Å². The molecule has 0 N–H and O–H groups in total. The number of halogens is 1. The first-order chi connectivity index (χ1) is 21.4. The maximum Gasteiger partial charge on any atom is 0.337 e. The minimum Gasteiger partial charge on any atom is -0.490 e. The molecule has 0 aromatic heterocycles. The second-order valence-electron chi connectivity index (χ2n) is 15.6. The topological polar surface area (TPSA) is 48.0 Å². The average Bonchev–Trinajstić information content (AvgIpc) is 3.15. The minimum atomic E-state index is -1.97. The van der Waals surface area contributed by atoms with Crippen LogP contribution in [-0.4, -0.2) is 47.2 Å². The molecule has 244 valence electrons. The molecule has 1 aliphatic heterocycles. The van der Waals surface area contributed by atoms with Gasteiger partial charge in [0.05, 0.1) is 31.1 Å². The predicted octanol–water partition coefficient (Wildman–Crippen LogP) is 9.37. The Bertz CT molecular complexity index is 1430. The third kappa shape index (κ3) is 6.49. The number of fused-ring (bicyclic) bond motifs is 3. The zero-order valence-electron chi connectivity index (χ0n) is 28.2. The molecule has 2 aromatic carbocycles. The Morgan fingerprint density at radius 3 is 2.64 bits per heavy atom. The lowest BCUT2D eigenvalue weighted by Gasteiger charge is -2.51. The Morgan fingerprint density at radius 1 is 1.13 bits per heavy atom. The standard InChI is InChI=1S/C38H52ClNO4Si/c1-37(2,3)45(5,6)44-35(26-11-8-7-9-12-26)31-17-14-29(31)23-40-24-38(20-10-13-27-21-30(39)16-18-32(27)38)25-43-34-19-15-28(22-33(34)40)36(41)42-4/h8,11,15-16,18-19,21-22,26,29,31,35H,7,9-10,12-14,17,20,23-25H2,1-6H3/t26-,29-,31+,35+,38-/m0/s1. The molecule has 1 fully saturated rings. The number of nitrogens with zero attached hydrogens (tertiary/aromatic N) is 1. The number of allylic oxidation sites excluding steroid dienone is 1. The lowest BCUT2D eigenvalue weighted by molar-refractivity contribution is -0.00454. The molecule has 5 atom stereocenters. The SMILES string of the molecule is COC(=O)c1ccc2c(c1)N(C[C@@H]1CC[C@H]1[C@H](O[Si](C)(C)C(C)(C)C)[C@H]1C=CCCC1)C[C@@]1(CCCc3cc(Cl)ccc31)CO2. The van der Waals surface area contributed by atoms with E-state index in [1.807, 2.05) is 24.3 Å². The number of hydrogen-bond donors (Lipinski definition) is 0. The van der Waals surface area contributed by atoms with Gasteiger partial charge in [0.2, 0.25) is 0 Å². The van der Waals surface area contributed by atoms with E-state index in [1.54, 1.807) is 0 Å². The van der Waals surface area contributed by atoms with E-state index in [9.17, 15) is 4.79 Å². The van der Waals surface area contributed by atoms with E-state index < -0.39 is 8.32 Å². The van der Waals surface area contributed by atoms with Crippen LogP contribution in [0.3, 0.4) is 0 Å². The molecule has 1 saturated carbocycles. The van der Waals surface area contributed by atoms with Gasteiger partial charge in [-0.05, 0) is 123 Å². The van der Waals surface area contributed by atoms with Gasteiger partial charge in [0, 0.05) is 29.4 Å². The van der Waals surface area contributed by atoms with E-state index in [4.69, 9.17) is 25.5 Å². The maximum atomic E-state index is 12.7. The van der Waals surface area contributed by atoms with Gasteiger partial charge >= 0.3 is 5.97 Å². The summed E-state index contributed by atoms with van der Waals surface area (Å²) in [4.78, 5) is 15.2. The molecule has 2 aromatic rings. The van der Waals surface area contributed by atoms with Gasteiger partial charge in [0.1, 0.15) is 5.75 Å². The van der Waals surface area contributed by atoms with Crippen LogP contribution in [-0.2, 0) is 21.0 Å². The summed E-state index contributed by atoms with van der Waals surface area (Å²) in [6, 6.07) is 12.2. The number of carbonyl (C=O) groups excluding carboxylic acids is 1. The molecule has 0 saturated heterocycles. The molecule has 45 heavy (non-hydrogen) atoms. The maximum absolute atomic E-state index is 12.7. The second-order valence-corrected chi connectivity index (χ2v) is 20.8. The summed E-state index contributed by atoms with van der Waals surface area (Å²) in [6.07, 6.45) is 14.4. The predicted molar refractivity (Wildman–Crippen MR) is 186 cm³/mol. The molecular formula is C38H52ClNO4Si. The number of anilines is 1. The number of carbonyl (C=O) groups is 1. The van der Waals surface area contributed by atoms with E-state index in [0.29, 0.717) is 29.9 Å². The monoisotopic (exact) mass is 649 g/mol. The van der Waals surface area contributed by atoms with Gasteiger partial charge in [-0.3, -0.25) is 0 Å². The summed E-state index contributed by atoms with van der Waals surface area (Å²) in [5.41, 5.74) is 4.12. The van der Waals surface area contributed by atoms with Crippen LogP contribution in [0.1, 0.15) is 87.2 Å². The fourth-order valence-electron chi connectivity index (χ4n) is 8.02. The van der Waals surface area contributed by atoms with Crippen molar-refractivity contribution >= 4 is 31.6 Å². The highest BCUT2D eigenvalue weighted by Crippen LogP contribution is 2.49. The highest BCUT2D eigenvalue weighted by molar-refractivity contribution is 6.74. The fraction of sp³-hybridized carbons (Fsp3) is 0.605. The molecule has 0 bridgehead atoms. The number of esters is 1. The molecule has 7 heteroatoms. The van der Waals surface area contributed by atoms with E-state index in [0.717, 1.165) is 48.8 Å². The van der Waals surface area contributed by atoms with E-state index in [1.165, 1.54) is 50.3 Å². The van der Waals surface area contributed by atoms with Crippen molar-refractivity contribution < 1.29 is 18.7 Å². The third-order valence-corrected chi connectivity index (χ3v) is 16.5. The molecule has 4 aliphatic rings. The Kier molecular flexibility index (Phi) is 9.23. The number of rotatable bonds is 7. The van der Waals surface area contributed by atoms with E-state index >= 15 is 0 Å². The molecule has 1 heterocycles. The number of aryl methyl sites for hydroxylation is 1. The summed E-state index contributed by atoms with van der Waals surface area (Å²) < 4.78 is 19.2. The Balaban J connectivity index is 1.35. The summed E-state index contributed by atoms with van der Waals surface area (Å²) in [5, 5.41) is 0.961. The van der Waals surface area contributed by atoms with Crippen LogP contribution in [0.2, 0.25) is 23.2 Å². The van der Waals surface area contributed by atoms with Crippen molar-refractivity contribution in [2.75, 3.05) is 31.7 Å². The van der Waals surface area contributed by atoms with Crippen LogP contribution in [0.15, 0.2) is 48.6 Å². The van der Waals surface area contributed by atoms with Crippen LogP contribution in [0.5, 0.6) is 5.75 Å². The van der Waals surface area contributed by atoms with Crippen LogP contribution < -0.4 is 9.64 Å². The Morgan fingerprint density at radius 2 is 1.96 bits per heavy atom. The normalized spacial score (nSPS) is 27.1. The summed E-state index contributed by atoms with van der Waals surface area (Å²) in [5.74, 6) is 2.03. The highest BCUT2D eigenvalue weighted by Gasteiger charge is 2.48. The van der Waals surface area contributed by atoms with Crippen molar-refractivity contribution in [3.05, 3.63) is 70.3 Å². The lowest BCUT2D eigenvalue weighted by atomic mass is 9.66. The molecule has 1 spiro atoms. The van der Waals surface area contributed by atoms with Crippen LogP contribution >= 0.6 is 11.6 Å². The first kappa shape index (κ1) is 32.6. The Hall–Kier alpha value is -2.28. The molecule has 5 nitrogen and oxygen atoms in total. The fourth-order valence-corrected chi connectivity index (χ4v) is 9.60. The highest BCUT2D eigenvalue weighted by atomic mass is 35.5. The first-order valence-electron chi connectivity index (χ1n) is 17.1. The average molecular weight is 650 g/mol. The van der Waals surface area contributed by atoms with Crippen LogP contribution in [0, 0.1) is 17.8 Å². The third-order valence-electron chi connectivity index (χ3n) is 11.8. The van der Waals surface area contributed by atoms with Gasteiger partial charge in [0.15, 0.2) is 8.32 Å². The number of methoxy groups -OCH3 is 1. The van der Waals surface area contributed by atoms with Gasteiger partial charge in [0.25, 0.3) is 0 Å². The summed E-state index contributed by atoms with van der Waals surface area (Å²) in [6.45, 7) is 14.3. The largest absolute Gasteiger partial charge is 0.490 e. The molecule has 6 rings (SSSR count). The van der Waals surface area contributed by atoms with Crippen LogP contribution in [0.4, 0.5) is 5.69 Å². The minimum absolute atomic E-state index is 0.148. The van der Waals surface area contributed by atoms with Gasteiger partial charge in [-0.15, -0.1) is 0 Å². The van der Waals surface area contributed by atoms with Crippen molar-refractivity contribution in [3.63, 3.8) is 0 Å². The first-order valence-corrected chi connectivity index (χ1v) is 20.4. The van der Waals surface area contributed by atoms with Crippen molar-refractivity contribution in [1.29, 1.82) is 0 Å².